The number of ether oxygens (including phenoxy) is 1. The molecule has 0 aromatic heterocycles. The highest BCUT2D eigenvalue weighted by atomic mass is 127. The predicted octanol–water partition coefficient (Wildman–Crippen LogP) is 2.26. The van der Waals surface area contributed by atoms with Gasteiger partial charge in [0.05, 0.1) is 6.61 Å². The summed E-state index contributed by atoms with van der Waals surface area (Å²) >= 11 is 0. The summed E-state index contributed by atoms with van der Waals surface area (Å²) in [6.07, 6.45) is 1.14. The molecule has 0 spiro atoms. The van der Waals surface area contributed by atoms with E-state index in [-0.39, 0.29) is 24.0 Å². The average Bonchev–Trinajstić information content (AvgIpc) is 2.98. The first kappa shape index (κ1) is 20.0. The first-order valence-corrected chi connectivity index (χ1v) is 8.13. The number of anilines is 1. The molecular formula is C17H29IN4O. The van der Waals surface area contributed by atoms with E-state index in [2.05, 4.69) is 51.7 Å². The minimum atomic E-state index is 0. The van der Waals surface area contributed by atoms with Gasteiger partial charge in [0.25, 0.3) is 0 Å². The van der Waals surface area contributed by atoms with E-state index < -0.39 is 0 Å². The predicted molar refractivity (Wildman–Crippen MR) is 108 cm³/mol. The smallest absolute Gasteiger partial charge is 0.191 e. The average molecular weight is 432 g/mol. The Morgan fingerprint density at radius 3 is 2.87 bits per heavy atom. The molecule has 0 bridgehead atoms. The lowest BCUT2D eigenvalue weighted by atomic mass is 10.2. The third-order valence-corrected chi connectivity index (χ3v) is 3.99. The first-order chi connectivity index (χ1) is 10.8. The van der Waals surface area contributed by atoms with Gasteiger partial charge in [-0.3, -0.25) is 4.99 Å². The van der Waals surface area contributed by atoms with Crippen molar-refractivity contribution in [1.29, 1.82) is 0 Å². The summed E-state index contributed by atoms with van der Waals surface area (Å²) in [6, 6.07) is 9.10. The molecule has 130 valence electrons. The summed E-state index contributed by atoms with van der Waals surface area (Å²) in [5, 5.41) is 6.66. The molecule has 6 heteroatoms. The molecule has 5 nitrogen and oxygen atoms in total. The molecule has 23 heavy (non-hydrogen) atoms. The van der Waals surface area contributed by atoms with E-state index in [0.29, 0.717) is 12.6 Å². The summed E-state index contributed by atoms with van der Waals surface area (Å²) in [6.45, 7) is 8.44. The molecule has 2 rings (SSSR count). The molecule has 1 aliphatic heterocycles. The number of fused-ring (bicyclic) bond motifs is 1. The normalized spacial score (nSPS) is 14.9. The quantitative estimate of drug-likeness (QED) is 0.301. The van der Waals surface area contributed by atoms with Crippen LogP contribution >= 0.6 is 24.0 Å². The lowest BCUT2D eigenvalue weighted by Crippen LogP contribution is -2.46. The number of rotatable bonds is 7. The number of benzene rings is 1. The molecule has 0 aliphatic carbocycles. The van der Waals surface area contributed by atoms with Crippen LogP contribution in [0.2, 0.25) is 0 Å². The molecular weight excluding hydrogens is 403 g/mol. The second-order valence-corrected chi connectivity index (χ2v) is 5.50. The third kappa shape index (κ3) is 5.84. The lowest BCUT2D eigenvalue weighted by molar-refractivity contribution is 0.152. The highest BCUT2D eigenvalue weighted by molar-refractivity contribution is 14.0. The number of nitrogens with zero attached hydrogens (tertiary/aromatic N) is 2. The molecule has 1 aromatic rings. The topological polar surface area (TPSA) is 48.9 Å². The van der Waals surface area contributed by atoms with Gasteiger partial charge in [-0.25, -0.2) is 0 Å². The maximum Gasteiger partial charge on any atom is 0.191 e. The molecule has 1 aliphatic rings. The highest BCUT2D eigenvalue weighted by Crippen LogP contribution is 2.28. The van der Waals surface area contributed by atoms with Crippen LogP contribution < -0.4 is 15.5 Å². The molecule has 1 aromatic carbocycles. The minimum absolute atomic E-state index is 0. The van der Waals surface area contributed by atoms with Crippen molar-refractivity contribution in [2.24, 2.45) is 4.99 Å². The monoisotopic (exact) mass is 432 g/mol. The number of aliphatic imine (C=N–C) groups is 1. The molecule has 1 heterocycles. The van der Waals surface area contributed by atoms with Gasteiger partial charge in [0.2, 0.25) is 0 Å². The number of halogens is 1. The van der Waals surface area contributed by atoms with E-state index >= 15 is 0 Å². The van der Waals surface area contributed by atoms with Crippen LogP contribution in [-0.4, -0.2) is 51.9 Å². The Bertz CT molecular complexity index is 495. The number of hydrogen-bond donors (Lipinski definition) is 2. The first-order valence-electron chi connectivity index (χ1n) is 8.13. The fraction of sp³-hybridized carbons (Fsp3) is 0.588. The Hall–Kier alpha value is -1.02. The van der Waals surface area contributed by atoms with Crippen molar-refractivity contribution >= 4 is 35.6 Å². The largest absolute Gasteiger partial charge is 0.380 e. The zero-order valence-electron chi connectivity index (χ0n) is 14.3. The van der Waals surface area contributed by atoms with E-state index in [1.54, 1.807) is 7.05 Å². The molecule has 1 unspecified atom stereocenters. The van der Waals surface area contributed by atoms with Gasteiger partial charge in [-0.1, -0.05) is 18.2 Å². The number of para-hydroxylation sites is 1. The summed E-state index contributed by atoms with van der Waals surface area (Å²) in [5.74, 6) is 0.832. The second-order valence-electron chi connectivity index (χ2n) is 5.50. The van der Waals surface area contributed by atoms with Crippen LogP contribution in [0, 0.1) is 0 Å². The van der Waals surface area contributed by atoms with E-state index in [0.717, 1.165) is 38.6 Å². The van der Waals surface area contributed by atoms with Crippen molar-refractivity contribution in [2.75, 3.05) is 44.8 Å². The molecule has 0 saturated heterocycles. The fourth-order valence-electron chi connectivity index (χ4n) is 2.78. The zero-order valence-corrected chi connectivity index (χ0v) is 16.7. The van der Waals surface area contributed by atoms with Crippen molar-refractivity contribution in [3.05, 3.63) is 29.8 Å². The van der Waals surface area contributed by atoms with Gasteiger partial charge < -0.3 is 20.3 Å². The third-order valence-electron chi connectivity index (χ3n) is 3.99. The summed E-state index contributed by atoms with van der Waals surface area (Å²) < 4.78 is 5.32. The Morgan fingerprint density at radius 2 is 2.13 bits per heavy atom. The standard InChI is InChI=1S/C17H28N4O.HI/c1-4-22-12-10-19-17(18-3)20-13-14(2)21-11-9-15-7-5-6-8-16(15)21;/h5-8,14H,4,9-13H2,1-3H3,(H2,18,19,20);1H. The molecule has 0 saturated carbocycles. The van der Waals surface area contributed by atoms with Crippen LogP contribution in [-0.2, 0) is 11.2 Å². The van der Waals surface area contributed by atoms with Crippen molar-refractivity contribution in [1.82, 2.24) is 10.6 Å². The van der Waals surface area contributed by atoms with Crippen molar-refractivity contribution < 1.29 is 4.74 Å². The fourth-order valence-corrected chi connectivity index (χ4v) is 2.78. The lowest BCUT2D eigenvalue weighted by Gasteiger charge is -2.28. The maximum atomic E-state index is 5.32. The SMILES string of the molecule is CCOCCNC(=NC)NCC(C)N1CCc2ccccc21.I. The molecule has 0 radical (unpaired) electrons. The summed E-state index contributed by atoms with van der Waals surface area (Å²) in [4.78, 5) is 6.72. The van der Waals surface area contributed by atoms with Gasteiger partial charge in [-0.15, -0.1) is 24.0 Å². The molecule has 0 fully saturated rings. The van der Waals surface area contributed by atoms with Crippen molar-refractivity contribution in [2.45, 2.75) is 26.3 Å². The van der Waals surface area contributed by atoms with Crippen molar-refractivity contribution in [3.8, 4) is 0 Å². The van der Waals surface area contributed by atoms with Gasteiger partial charge in [0.15, 0.2) is 5.96 Å². The van der Waals surface area contributed by atoms with Gasteiger partial charge in [0.1, 0.15) is 0 Å². The van der Waals surface area contributed by atoms with E-state index in [9.17, 15) is 0 Å². The van der Waals surface area contributed by atoms with E-state index in [1.807, 2.05) is 6.92 Å². The second kappa shape index (κ2) is 10.7. The Morgan fingerprint density at radius 1 is 1.35 bits per heavy atom. The Kier molecular flexibility index (Phi) is 9.31. The van der Waals surface area contributed by atoms with Crippen LogP contribution in [0.25, 0.3) is 0 Å². The molecule has 1 atom stereocenters. The number of hydrogen-bond acceptors (Lipinski definition) is 3. The van der Waals surface area contributed by atoms with Crippen molar-refractivity contribution in [3.63, 3.8) is 0 Å². The maximum absolute atomic E-state index is 5.32. The van der Waals surface area contributed by atoms with Crippen LogP contribution in [0.4, 0.5) is 5.69 Å². The van der Waals surface area contributed by atoms with E-state index in [4.69, 9.17) is 4.74 Å². The molecule has 2 N–H and O–H groups in total. The zero-order chi connectivity index (χ0) is 15.8. The number of nitrogens with one attached hydrogen (secondary N) is 2. The minimum Gasteiger partial charge on any atom is -0.380 e. The molecule has 0 amide bonds. The van der Waals surface area contributed by atoms with Gasteiger partial charge in [-0.05, 0) is 31.9 Å². The Balaban J connectivity index is 0.00000264. The van der Waals surface area contributed by atoms with Gasteiger partial charge in [0, 0.05) is 45.0 Å². The van der Waals surface area contributed by atoms with Crippen LogP contribution in [0.15, 0.2) is 29.3 Å². The number of guanidine groups is 1. The summed E-state index contributed by atoms with van der Waals surface area (Å²) in [5.41, 5.74) is 2.82. The van der Waals surface area contributed by atoms with Gasteiger partial charge in [-0.2, -0.15) is 0 Å². The Labute approximate surface area is 156 Å². The summed E-state index contributed by atoms with van der Waals surface area (Å²) in [7, 11) is 1.80. The van der Waals surface area contributed by atoms with Crippen LogP contribution in [0.1, 0.15) is 19.4 Å². The highest BCUT2D eigenvalue weighted by Gasteiger charge is 2.22. The van der Waals surface area contributed by atoms with Crippen LogP contribution in [0.5, 0.6) is 0 Å². The van der Waals surface area contributed by atoms with Crippen LogP contribution in [0.3, 0.4) is 0 Å². The van der Waals surface area contributed by atoms with E-state index in [1.165, 1.54) is 11.3 Å². The van der Waals surface area contributed by atoms with Gasteiger partial charge >= 0.3 is 0 Å².